The summed E-state index contributed by atoms with van der Waals surface area (Å²) in [7, 11) is 0. The molecule has 0 radical (unpaired) electrons. The van der Waals surface area contributed by atoms with Gasteiger partial charge in [0.1, 0.15) is 11.2 Å². The van der Waals surface area contributed by atoms with E-state index >= 15 is 0 Å². The second-order valence-electron chi connectivity index (χ2n) is 13.4. The van der Waals surface area contributed by atoms with Crippen LogP contribution in [-0.2, 0) is 0 Å². The van der Waals surface area contributed by atoms with Gasteiger partial charge < -0.3 is 9.32 Å². The van der Waals surface area contributed by atoms with Gasteiger partial charge in [0, 0.05) is 33.4 Å². The summed E-state index contributed by atoms with van der Waals surface area (Å²) >= 11 is 0. The topological polar surface area (TPSA) is 16.4 Å². The molecule has 10 aromatic rings. The third-order valence-corrected chi connectivity index (χ3v) is 10.2. The van der Waals surface area contributed by atoms with Gasteiger partial charge in [0.25, 0.3) is 0 Å². The molecule has 0 N–H and O–H groups in total. The Morgan fingerprint density at radius 3 is 1.65 bits per heavy atom. The maximum atomic E-state index is 6.59. The smallest absolute Gasteiger partial charge is 0.143 e. The monoisotopic (exact) mass is 663 g/mol. The summed E-state index contributed by atoms with van der Waals surface area (Å²) in [5, 5.41) is 7.16. The molecular weight excluding hydrogens is 631 g/mol. The molecule has 9 aromatic carbocycles. The number of benzene rings is 9. The van der Waals surface area contributed by atoms with Crippen molar-refractivity contribution in [3.8, 4) is 33.4 Å². The second-order valence-corrected chi connectivity index (χ2v) is 13.4. The zero-order chi connectivity index (χ0) is 34.4. The highest BCUT2D eigenvalue weighted by molar-refractivity contribution is 6.13. The lowest BCUT2D eigenvalue weighted by atomic mass is 9.97. The molecule has 0 aliphatic rings. The van der Waals surface area contributed by atoms with Crippen molar-refractivity contribution in [2.75, 3.05) is 4.90 Å². The number of hydrogen-bond donors (Lipinski definition) is 0. The summed E-state index contributed by atoms with van der Waals surface area (Å²) in [6.45, 7) is 0. The fourth-order valence-corrected chi connectivity index (χ4v) is 7.67. The first-order valence-corrected chi connectivity index (χ1v) is 17.8. The van der Waals surface area contributed by atoms with E-state index in [-0.39, 0.29) is 0 Å². The van der Waals surface area contributed by atoms with Crippen molar-refractivity contribution in [2.45, 2.75) is 0 Å². The number of nitrogens with zero attached hydrogens (tertiary/aromatic N) is 1. The Labute approximate surface area is 302 Å². The summed E-state index contributed by atoms with van der Waals surface area (Å²) in [6.07, 6.45) is 0. The summed E-state index contributed by atoms with van der Waals surface area (Å²) < 4.78 is 6.59. The Morgan fingerprint density at radius 1 is 0.308 bits per heavy atom. The number of fused-ring (bicyclic) bond motifs is 5. The molecule has 0 amide bonds. The molecule has 0 aliphatic carbocycles. The first-order chi connectivity index (χ1) is 25.8. The molecule has 10 rings (SSSR count). The van der Waals surface area contributed by atoms with E-state index in [9.17, 15) is 0 Å². The third-order valence-electron chi connectivity index (χ3n) is 10.2. The largest absolute Gasteiger partial charge is 0.455 e. The van der Waals surface area contributed by atoms with Crippen molar-refractivity contribution >= 4 is 60.5 Å². The van der Waals surface area contributed by atoms with Crippen LogP contribution in [-0.4, -0.2) is 0 Å². The van der Waals surface area contributed by atoms with Crippen LogP contribution in [0.2, 0.25) is 0 Å². The number of para-hydroxylation sites is 1. The quantitative estimate of drug-likeness (QED) is 0.176. The van der Waals surface area contributed by atoms with E-state index in [0.29, 0.717) is 0 Å². The van der Waals surface area contributed by atoms with E-state index in [0.717, 1.165) is 50.1 Å². The molecule has 0 fully saturated rings. The molecular formula is C50H33NO. The fraction of sp³-hybridized carbons (Fsp3) is 0. The van der Waals surface area contributed by atoms with Crippen LogP contribution in [0.5, 0.6) is 0 Å². The molecule has 52 heavy (non-hydrogen) atoms. The van der Waals surface area contributed by atoms with Gasteiger partial charge in [0.15, 0.2) is 0 Å². The molecule has 2 nitrogen and oxygen atoms in total. The van der Waals surface area contributed by atoms with Crippen molar-refractivity contribution in [1.82, 2.24) is 0 Å². The lowest BCUT2D eigenvalue weighted by Gasteiger charge is -2.26. The van der Waals surface area contributed by atoms with Crippen LogP contribution >= 0.6 is 0 Å². The van der Waals surface area contributed by atoms with Crippen molar-refractivity contribution in [1.29, 1.82) is 0 Å². The number of hydrogen-bond acceptors (Lipinski definition) is 2. The molecule has 0 saturated heterocycles. The van der Waals surface area contributed by atoms with E-state index in [1.165, 1.54) is 43.8 Å². The minimum absolute atomic E-state index is 0.911. The molecule has 0 spiro atoms. The van der Waals surface area contributed by atoms with Gasteiger partial charge in [-0.25, -0.2) is 0 Å². The molecule has 1 heterocycles. The third kappa shape index (κ3) is 5.21. The Bertz CT molecular complexity index is 2880. The first kappa shape index (κ1) is 30.0. The van der Waals surface area contributed by atoms with Gasteiger partial charge in [-0.05, 0) is 97.9 Å². The zero-order valence-corrected chi connectivity index (χ0v) is 28.4. The molecule has 244 valence electrons. The van der Waals surface area contributed by atoms with E-state index in [1.807, 2.05) is 0 Å². The van der Waals surface area contributed by atoms with E-state index in [2.05, 4.69) is 205 Å². The summed E-state index contributed by atoms with van der Waals surface area (Å²) in [4.78, 5) is 2.35. The van der Waals surface area contributed by atoms with Crippen LogP contribution in [0.4, 0.5) is 17.1 Å². The second kappa shape index (κ2) is 12.5. The predicted octanol–water partition coefficient (Wildman–Crippen LogP) is 14.4. The van der Waals surface area contributed by atoms with Crippen LogP contribution in [0.3, 0.4) is 0 Å². The van der Waals surface area contributed by atoms with Gasteiger partial charge in [-0.2, -0.15) is 0 Å². The Morgan fingerprint density at radius 2 is 0.865 bits per heavy atom. The maximum absolute atomic E-state index is 6.59. The number of furan rings is 1. The van der Waals surface area contributed by atoms with Crippen LogP contribution in [0.15, 0.2) is 205 Å². The Kier molecular flexibility index (Phi) is 7.18. The zero-order valence-electron chi connectivity index (χ0n) is 28.4. The van der Waals surface area contributed by atoms with Crippen LogP contribution in [0.1, 0.15) is 0 Å². The highest BCUT2D eigenvalue weighted by atomic mass is 16.3. The molecule has 0 unspecified atom stereocenters. The lowest BCUT2D eigenvalue weighted by molar-refractivity contribution is 0.670. The van der Waals surface area contributed by atoms with Crippen molar-refractivity contribution in [3.63, 3.8) is 0 Å². The molecule has 2 heteroatoms. The van der Waals surface area contributed by atoms with Crippen LogP contribution < -0.4 is 4.90 Å². The number of anilines is 3. The average molecular weight is 664 g/mol. The standard InChI is InChI=1S/C50H33NO/c1-2-11-34(12-3-1)35-23-27-41(28-24-35)51(43-18-8-17-40(31-43)45-20-9-16-36-13-6-7-19-44(36)45)42-29-25-37(26-30-42)46-21-10-22-47-48-32-38-14-4-5-15-39(38)33-49(48)52-50(46)47/h1-33H. The van der Waals surface area contributed by atoms with Gasteiger partial charge in [-0.15, -0.1) is 0 Å². The Hall–Kier alpha value is -6.90. The van der Waals surface area contributed by atoms with Crippen molar-refractivity contribution in [3.05, 3.63) is 200 Å². The van der Waals surface area contributed by atoms with Gasteiger partial charge in [0.05, 0.1) is 0 Å². The SMILES string of the molecule is c1ccc(-c2ccc(N(c3ccc(-c4cccc5c4oc4cc6ccccc6cc45)cc3)c3cccc(-c4cccc5ccccc45)c3)cc2)cc1. The number of rotatable bonds is 6. The maximum Gasteiger partial charge on any atom is 0.143 e. The van der Waals surface area contributed by atoms with Gasteiger partial charge >= 0.3 is 0 Å². The molecule has 0 aliphatic heterocycles. The van der Waals surface area contributed by atoms with Gasteiger partial charge in [-0.1, -0.05) is 152 Å². The van der Waals surface area contributed by atoms with Crippen LogP contribution in [0.25, 0.3) is 76.9 Å². The van der Waals surface area contributed by atoms with E-state index < -0.39 is 0 Å². The van der Waals surface area contributed by atoms with E-state index in [1.54, 1.807) is 0 Å². The molecule has 0 saturated carbocycles. The minimum atomic E-state index is 0.911. The highest BCUT2D eigenvalue weighted by Crippen LogP contribution is 2.41. The summed E-state index contributed by atoms with van der Waals surface area (Å²) in [5.41, 5.74) is 12.1. The Balaban J connectivity index is 1.08. The summed E-state index contributed by atoms with van der Waals surface area (Å²) in [6, 6.07) is 71.7. The lowest BCUT2D eigenvalue weighted by Crippen LogP contribution is -2.10. The van der Waals surface area contributed by atoms with Gasteiger partial charge in [-0.3, -0.25) is 0 Å². The molecule has 0 bridgehead atoms. The molecule has 1 aromatic heterocycles. The van der Waals surface area contributed by atoms with Crippen LogP contribution in [0, 0.1) is 0 Å². The van der Waals surface area contributed by atoms with Crippen molar-refractivity contribution in [2.24, 2.45) is 0 Å². The van der Waals surface area contributed by atoms with Crippen molar-refractivity contribution < 1.29 is 4.42 Å². The van der Waals surface area contributed by atoms with E-state index in [4.69, 9.17) is 4.42 Å². The fourth-order valence-electron chi connectivity index (χ4n) is 7.67. The average Bonchev–Trinajstić information content (AvgIpc) is 3.58. The first-order valence-electron chi connectivity index (χ1n) is 17.8. The molecule has 0 atom stereocenters. The predicted molar refractivity (Wildman–Crippen MR) is 220 cm³/mol. The highest BCUT2D eigenvalue weighted by Gasteiger charge is 2.17. The normalized spacial score (nSPS) is 11.5. The summed E-state index contributed by atoms with van der Waals surface area (Å²) in [5.74, 6) is 0. The van der Waals surface area contributed by atoms with Gasteiger partial charge in [0.2, 0.25) is 0 Å². The minimum Gasteiger partial charge on any atom is -0.455 e.